The lowest BCUT2D eigenvalue weighted by Gasteiger charge is -2.24. The monoisotopic (exact) mass is 348 g/mol. The van der Waals surface area contributed by atoms with E-state index in [9.17, 15) is 8.42 Å². The van der Waals surface area contributed by atoms with Crippen molar-refractivity contribution in [1.82, 2.24) is 5.32 Å². The number of nitrogens with zero attached hydrogens (tertiary/aromatic N) is 1. The van der Waals surface area contributed by atoms with Crippen LogP contribution in [-0.2, 0) is 10.0 Å². The summed E-state index contributed by atoms with van der Waals surface area (Å²) in [5.74, 6) is 1.07. The van der Waals surface area contributed by atoms with E-state index in [1.807, 2.05) is 0 Å². The molecule has 9 heteroatoms. The molecule has 0 bridgehead atoms. The topological polar surface area (TPSA) is 96.6 Å². The smallest absolute Gasteiger partial charge is 0.239 e. The van der Waals surface area contributed by atoms with Crippen LogP contribution in [0.1, 0.15) is 20.8 Å². The summed E-state index contributed by atoms with van der Waals surface area (Å²) in [5.41, 5.74) is 0.700. The predicted octanol–water partition coefficient (Wildman–Crippen LogP) is 2.41. The summed E-state index contributed by atoms with van der Waals surface area (Å²) in [6.07, 6.45) is 0. The fourth-order valence-corrected chi connectivity index (χ4v) is 3.46. The van der Waals surface area contributed by atoms with Gasteiger partial charge in [0.1, 0.15) is 4.90 Å². The van der Waals surface area contributed by atoms with Crippen molar-refractivity contribution in [2.24, 2.45) is 15.5 Å². The van der Waals surface area contributed by atoms with Crippen LogP contribution in [0, 0.1) is 5.92 Å². The second kappa shape index (κ2) is 6.04. The molecule has 1 aromatic carbocycles. The molecule has 0 saturated heterocycles. The van der Waals surface area contributed by atoms with Crippen LogP contribution in [0.5, 0.6) is 0 Å². The van der Waals surface area contributed by atoms with Crippen molar-refractivity contribution in [3.05, 3.63) is 17.2 Å². The highest BCUT2D eigenvalue weighted by molar-refractivity contribution is 7.98. The van der Waals surface area contributed by atoms with E-state index >= 15 is 0 Å². The predicted molar refractivity (Wildman–Crippen MR) is 87.2 cm³/mol. The molecule has 0 spiro atoms. The highest BCUT2D eigenvalue weighted by Crippen LogP contribution is 2.37. The Kier molecular flexibility index (Phi) is 4.72. The molecular formula is C12H17ClN4O2S2. The Bertz CT molecular complexity index is 689. The zero-order valence-corrected chi connectivity index (χ0v) is 14.2. The van der Waals surface area contributed by atoms with Crippen LogP contribution in [0.4, 0.5) is 5.69 Å². The molecule has 2 rings (SSSR count). The van der Waals surface area contributed by atoms with Crippen molar-refractivity contribution in [3.63, 3.8) is 0 Å². The number of benzene rings is 1. The third-order valence-corrected chi connectivity index (χ3v) is 5.38. The number of hydrogen-bond acceptors (Lipinski definition) is 6. The Hall–Kier alpha value is -0.960. The SMILES string of the molecule is CC(C)C(C)NC1=NSc2cc(S(N)(=O)=O)c(Cl)cc2N1. The van der Waals surface area contributed by atoms with Crippen molar-refractivity contribution in [1.29, 1.82) is 0 Å². The maximum atomic E-state index is 11.4. The van der Waals surface area contributed by atoms with Crippen molar-refractivity contribution < 1.29 is 8.42 Å². The van der Waals surface area contributed by atoms with Crippen LogP contribution in [0.2, 0.25) is 5.02 Å². The minimum absolute atomic E-state index is 0.0857. The van der Waals surface area contributed by atoms with Crippen LogP contribution < -0.4 is 15.8 Å². The summed E-state index contributed by atoms with van der Waals surface area (Å²) in [7, 11) is -3.85. The molecule has 0 radical (unpaired) electrons. The second-order valence-corrected chi connectivity index (χ2v) is 7.90. The first-order chi connectivity index (χ1) is 9.68. The third-order valence-electron chi connectivity index (χ3n) is 3.19. The highest BCUT2D eigenvalue weighted by atomic mass is 35.5. The number of halogens is 1. The molecule has 0 aromatic heterocycles. The first-order valence-corrected chi connectivity index (χ1v) is 9.03. The van der Waals surface area contributed by atoms with Gasteiger partial charge in [0.15, 0.2) is 0 Å². The number of nitrogens with two attached hydrogens (primary N) is 1. The number of hydrogen-bond donors (Lipinski definition) is 3. The molecule has 21 heavy (non-hydrogen) atoms. The number of guanidine groups is 1. The lowest BCUT2D eigenvalue weighted by molar-refractivity contribution is 0.487. The van der Waals surface area contributed by atoms with Crippen LogP contribution in [0.25, 0.3) is 0 Å². The van der Waals surface area contributed by atoms with Gasteiger partial charge in [0, 0.05) is 18.0 Å². The molecule has 0 saturated carbocycles. The molecule has 1 heterocycles. The molecule has 6 nitrogen and oxygen atoms in total. The van der Waals surface area contributed by atoms with E-state index in [0.717, 1.165) is 0 Å². The number of fused-ring (bicyclic) bond motifs is 1. The summed E-state index contributed by atoms with van der Waals surface area (Å²) in [5, 5.41) is 11.6. The largest absolute Gasteiger partial charge is 0.353 e. The van der Waals surface area contributed by atoms with E-state index < -0.39 is 10.0 Å². The second-order valence-electron chi connectivity index (χ2n) is 5.16. The molecule has 1 unspecified atom stereocenters. The zero-order chi connectivity index (χ0) is 15.8. The van der Waals surface area contributed by atoms with Gasteiger partial charge in [-0.25, -0.2) is 13.6 Å². The third kappa shape index (κ3) is 3.82. The van der Waals surface area contributed by atoms with E-state index in [0.29, 0.717) is 22.5 Å². The molecule has 0 aliphatic carbocycles. The van der Waals surface area contributed by atoms with Gasteiger partial charge in [-0.05, 0) is 25.0 Å². The number of primary sulfonamides is 1. The lowest BCUT2D eigenvalue weighted by atomic mass is 10.1. The Morgan fingerprint density at radius 2 is 2.05 bits per heavy atom. The number of nitrogens with one attached hydrogen (secondary N) is 2. The quantitative estimate of drug-likeness (QED) is 0.729. The minimum Gasteiger partial charge on any atom is -0.353 e. The van der Waals surface area contributed by atoms with Gasteiger partial charge in [0.2, 0.25) is 16.0 Å². The van der Waals surface area contributed by atoms with Crippen LogP contribution in [0.3, 0.4) is 0 Å². The van der Waals surface area contributed by atoms with Gasteiger partial charge in [0.25, 0.3) is 0 Å². The first kappa shape index (κ1) is 16.4. The molecular weight excluding hydrogens is 332 g/mol. The Morgan fingerprint density at radius 3 is 2.62 bits per heavy atom. The van der Waals surface area contributed by atoms with Crippen LogP contribution in [-0.4, -0.2) is 20.4 Å². The maximum Gasteiger partial charge on any atom is 0.239 e. The van der Waals surface area contributed by atoms with Crippen molar-refractivity contribution >= 4 is 45.2 Å². The summed E-state index contributed by atoms with van der Waals surface area (Å²) < 4.78 is 27.2. The summed E-state index contributed by atoms with van der Waals surface area (Å²) in [6.45, 7) is 6.28. The Labute approximate surface area is 133 Å². The molecule has 1 aliphatic heterocycles. The highest BCUT2D eigenvalue weighted by Gasteiger charge is 2.21. The fraction of sp³-hybridized carbons (Fsp3) is 0.417. The van der Waals surface area contributed by atoms with E-state index in [1.54, 1.807) is 6.07 Å². The minimum atomic E-state index is -3.85. The molecule has 1 aliphatic rings. The van der Waals surface area contributed by atoms with Crippen molar-refractivity contribution in [2.45, 2.75) is 36.6 Å². The van der Waals surface area contributed by atoms with Gasteiger partial charge in [-0.3, -0.25) is 0 Å². The fourth-order valence-electron chi connectivity index (χ4n) is 1.62. The number of sulfonamides is 1. The van der Waals surface area contributed by atoms with Gasteiger partial charge < -0.3 is 10.6 Å². The molecule has 0 fully saturated rings. The van der Waals surface area contributed by atoms with Crippen molar-refractivity contribution in [2.75, 3.05) is 5.32 Å². The van der Waals surface area contributed by atoms with Gasteiger partial charge >= 0.3 is 0 Å². The summed E-state index contributed by atoms with van der Waals surface area (Å²) in [6, 6.07) is 3.22. The Balaban J connectivity index is 2.26. The molecule has 1 atom stereocenters. The average molecular weight is 349 g/mol. The van der Waals surface area contributed by atoms with Crippen LogP contribution >= 0.6 is 23.5 Å². The summed E-state index contributed by atoms with van der Waals surface area (Å²) >= 11 is 7.15. The first-order valence-electron chi connectivity index (χ1n) is 6.33. The normalized spacial score (nSPS) is 16.0. The van der Waals surface area contributed by atoms with E-state index in [-0.39, 0.29) is 16.0 Å². The number of rotatable bonds is 3. The zero-order valence-electron chi connectivity index (χ0n) is 11.8. The standard InChI is InChI=1S/C12H17ClN4O2S2/c1-6(2)7(3)15-12-16-9-4-8(13)11(21(14,18)19)5-10(9)20-17-12/h4-7H,1-3H3,(H2,14,18,19)(H2,15,16,17). The molecule has 0 amide bonds. The Morgan fingerprint density at radius 1 is 1.38 bits per heavy atom. The average Bonchev–Trinajstić information content (AvgIpc) is 2.36. The van der Waals surface area contributed by atoms with Gasteiger partial charge in [-0.1, -0.05) is 25.4 Å². The molecule has 1 aromatic rings. The van der Waals surface area contributed by atoms with Gasteiger partial charge in [-0.15, -0.1) is 0 Å². The maximum absolute atomic E-state index is 11.4. The van der Waals surface area contributed by atoms with E-state index in [1.165, 1.54) is 18.0 Å². The molecule has 116 valence electrons. The molecule has 4 N–H and O–H groups in total. The van der Waals surface area contributed by atoms with Gasteiger partial charge in [-0.2, -0.15) is 4.40 Å². The van der Waals surface area contributed by atoms with Gasteiger partial charge in [0.05, 0.1) is 15.6 Å². The van der Waals surface area contributed by atoms with Crippen molar-refractivity contribution in [3.8, 4) is 0 Å². The summed E-state index contributed by atoms with van der Waals surface area (Å²) in [4.78, 5) is 0.561. The number of anilines is 1. The van der Waals surface area contributed by atoms with Crippen LogP contribution in [0.15, 0.2) is 26.3 Å². The van der Waals surface area contributed by atoms with E-state index in [2.05, 4.69) is 35.8 Å². The lowest BCUT2D eigenvalue weighted by Crippen LogP contribution is -2.40. The van der Waals surface area contributed by atoms with E-state index in [4.69, 9.17) is 16.7 Å².